The van der Waals surface area contributed by atoms with E-state index in [1.807, 2.05) is 0 Å². The summed E-state index contributed by atoms with van der Waals surface area (Å²) in [5.74, 6) is 3.59. The SMILES string of the molecule is Cc1cc(C#CC(C)(C)O)cc(C(=O)N[C@@H](c2ccc(F)cc2)c2cc(F)ccc2O)n1. The molecule has 0 aliphatic heterocycles. The van der Waals surface area contributed by atoms with Crippen LogP contribution in [0.2, 0.25) is 0 Å². The maximum Gasteiger partial charge on any atom is 0.270 e. The zero-order chi connectivity index (χ0) is 23.5. The molecule has 3 N–H and O–H groups in total. The van der Waals surface area contributed by atoms with Gasteiger partial charge in [0, 0.05) is 16.8 Å². The van der Waals surface area contributed by atoms with Gasteiger partial charge in [0.05, 0.1) is 6.04 Å². The van der Waals surface area contributed by atoms with Crippen LogP contribution in [-0.4, -0.2) is 26.7 Å². The fraction of sp³-hybridized carbons (Fsp3) is 0.200. The summed E-state index contributed by atoms with van der Waals surface area (Å²) in [6.07, 6.45) is 0. The number of hydrogen-bond donors (Lipinski definition) is 3. The number of aliphatic hydroxyl groups is 1. The Kier molecular flexibility index (Phi) is 6.56. The molecule has 0 spiro atoms. The van der Waals surface area contributed by atoms with E-state index in [1.54, 1.807) is 26.8 Å². The summed E-state index contributed by atoms with van der Waals surface area (Å²) in [4.78, 5) is 17.3. The van der Waals surface area contributed by atoms with Crippen molar-refractivity contribution in [2.24, 2.45) is 0 Å². The Bertz CT molecular complexity index is 1210. The van der Waals surface area contributed by atoms with Crippen LogP contribution in [0.15, 0.2) is 54.6 Å². The summed E-state index contributed by atoms with van der Waals surface area (Å²) in [5, 5.41) is 22.8. The summed E-state index contributed by atoms with van der Waals surface area (Å²) < 4.78 is 27.3. The first-order valence-electron chi connectivity index (χ1n) is 9.81. The maximum absolute atomic E-state index is 13.9. The Balaban J connectivity index is 2.00. The second-order valence-electron chi connectivity index (χ2n) is 7.85. The first-order chi connectivity index (χ1) is 15.0. The number of halogens is 2. The number of aromatic nitrogens is 1. The molecule has 0 fully saturated rings. The highest BCUT2D eigenvalue weighted by atomic mass is 19.1. The summed E-state index contributed by atoms with van der Waals surface area (Å²) in [5.41, 5.74) is 0.409. The maximum atomic E-state index is 13.9. The summed E-state index contributed by atoms with van der Waals surface area (Å²) in [7, 11) is 0. The second-order valence-corrected chi connectivity index (χ2v) is 7.85. The fourth-order valence-electron chi connectivity index (χ4n) is 3.04. The minimum absolute atomic E-state index is 0.0491. The number of aryl methyl sites for hydroxylation is 1. The van der Waals surface area contributed by atoms with Crippen LogP contribution in [0.1, 0.15) is 52.8 Å². The van der Waals surface area contributed by atoms with Crippen LogP contribution in [0.25, 0.3) is 0 Å². The van der Waals surface area contributed by atoms with Gasteiger partial charge in [-0.15, -0.1) is 0 Å². The van der Waals surface area contributed by atoms with E-state index in [9.17, 15) is 23.8 Å². The monoisotopic (exact) mass is 436 g/mol. The molecule has 1 amide bonds. The molecule has 3 rings (SSSR count). The Hall–Kier alpha value is -3.76. The van der Waals surface area contributed by atoms with Gasteiger partial charge in [-0.2, -0.15) is 0 Å². The molecule has 164 valence electrons. The van der Waals surface area contributed by atoms with Crippen molar-refractivity contribution < 1.29 is 23.8 Å². The quantitative estimate of drug-likeness (QED) is 0.540. The van der Waals surface area contributed by atoms with Crippen molar-refractivity contribution in [2.75, 3.05) is 0 Å². The van der Waals surface area contributed by atoms with E-state index < -0.39 is 29.2 Å². The molecule has 1 heterocycles. The van der Waals surface area contributed by atoms with Gasteiger partial charge in [-0.3, -0.25) is 4.79 Å². The van der Waals surface area contributed by atoms with Crippen molar-refractivity contribution in [3.05, 3.63) is 94.3 Å². The van der Waals surface area contributed by atoms with Gasteiger partial charge in [-0.25, -0.2) is 13.8 Å². The van der Waals surface area contributed by atoms with E-state index in [4.69, 9.17) is 0 Å². The number of carbonyl (C=O) groups excluding carboxylic acids is 1. The van der Waals surface area contributed by atoms with Crippen molar-refractivity contribution in [3.8, 4) is 17.6 Å². The van der Waals surface area contributed by atoms with Crippen molar-refractivity contribution in [2.45, 2.75) is 32.4 Å². The van der Waals surface area contributed by atoms with Crippen LogP contribution in [0.3, 0.4) is 0 Å². The minimum Gasteiger partial charge on any atom is -0.508 e. The van der Waals surface area contributed by atoms with E-state index in [0.717, 1.165) is 12.1 Å². The van der Waals surface area contributed by atoms with Crippen LogP contribution in [0.4, 0.5) is 8.78 Å². The first kappa shape index (κ1) is 22.9. The van der Waals surface area contributed by atoms with E-state index in [1.165, 1.54) is 36.4 Å². The third-order valence-corrected chi connectivity index (χ3v) is 4.48. The molecule has 5 nitrogen and oxygen atoms in total. The lowest BCUT2D eigenvalue weighted by Crippen LogP contribution is -2.30. The van der Waals surface area contributed by atoms with Crippen LogP contribution in [0.5, 0.6) is 5.75 Å². The number of amides is 1. The lowest BCUT2D eigenvalue weighted by molar-refractivity contribution is 0.0937. The molecule has 0 saturated heterocycles. The first-order valence-corrected chi connectivity index (χ1v) is 9.81. The molecule has 0 aliphatic carbocycles. The largest absolute Gasteiger partial charge is 0.508 e. The molecular formula is C25H22F2N2O3. The third kappa shape index (κ3) is 5.90. The number of nitrogens with zero attached hydrogens (tertiary/aromatic N) is 1. The van der Waals surface area contributed by atoms with E-state index in [2.05, 4.69) is 22.1 Å². The van der Waals surface area contributed by atoms with Gasteiger partial charge in [0.15, 0.2) is 0 Å². The van der Waals surface area contributed by atoms with Crippen LogP contribution in [0, 0.1) is 30.4 Å². The summed E-state index contributed by atoms with van der Waals surface area (Å²) in [6.45, 7) is 4.78. The molecule has 0 bridgehead atoms. The lowest BCUT2D eigenvalue weighted by atomic mass is 9.97. The van der Waals surface area contributed by atoms with Crippen molar-refractivity contribution in [3.63, 3.8) is 0 Å². The van der Waals surface area contributed by atoms with Gasteiger partial charge in [0.25, 0.3) is 5.91 Å². The molecular weight excluding hydrogens is 414 g/mol. The highest BCUT2D eigenvalue weighted by Gasteiger charge is 2.22. The predicted octanol–water partition coefficient (Wildman–Crippen LogP) is 4.02. The highest BCUT2D eigenvalue weighted by molar-refractivity contribution is 5.93. The molecule has 1 atom stereocenters. The molecule has 3 aromatic rings. The molecule has 2 aromatic carbocycles. The average Bonchev–Trinajstić information content (AvgIpc) is 2.72. The number of nitrogens with one attached hydrogen (secondary N) is 1. The van der Waals surface area contributed by atoms with Crippen molar-refractivity contribution in [1.82, 2.24) is 10.3 Å². The van der Waals surface area contributed by atoms with Gasteiger partial charge >= 0.3 is 0 Å². The number of hydrogen-bond acceptors (Lipinski definition) is 4. The van der Waals surface area contributed by atoms with E-state index in [-0.39, 0.29) is 17.0 Å². The smallest absolute Gasteiger partial charge is 0.270 e. The fourth-order valence-corrected chi connectivity index (χ4v) is 3.04. The Morgan fingerprint density at radius 3 is 2.38 bits per heavy atom. The van der Waals surface area contributed by atoms with Gasteiger partial charge in [0.2, 0.25) is 0 Å². The van der Waals surface area contributed by atoms with Crippen molar-refractivity contribution in [1.29, 1.82) is 0 Å². The van der Waals surface area contributed by atoms with Gasteiger partial charge in [-0.1, -0.05) is 24.0 Å². The molecule has 1 aromatic heterocycles. The molecule has 0 unspecified atom stereocenters. The number of phenolic OH excluding ortho intramolecular Hbond substituents is 1. The standard InChI is InChI=1S/C25H22F2N2O3/c1-15-12-16(10-11-25(2,3)32)13-21(28-15)24(31)29-23(17-4-6-18(26)7-5-17)20-14-19(27)8-9-22(20)30/h4-9,12-14,23,30,32H,1-3H3,(H,29,31)/t23-/m0/s1. The summed E-state index contributed by atoms with van der Waals surface area (Å²) in [6, 6.07) is 10.9. The number of phenols is 1. The van der Waals surface area contributed by atoms with Crippen LogP contribution >= 0.6 is 0 Å². The topological polar surface area (TPSA) is 82.5 Å². The second kappa shape index (κ2) is 9.16. The average molecular weight is 436 g/mol. The minimum atomic E-state index is -1.21. The number of aromatic hydroxyl groups is 1. The van der Waals surface area contributed by atoms with E-state index >= 15 is 0 Å². The Morgan fingerprint density at radius 2 is 1.72 bits per heavy atom. The number of rotatable bonds is 4. The van der Waals surface area contributed by atoms with Gasteiger partial charge in [0.1, 0.15) is 28.7 Å². The van der Waals surface area contributed by atoms with E-state index in [0.29, 0.717) is 16.8 Å². The molecule has 0 radical (unpaired) electrons. The Labute approximate surface area is 184 Å². The number of benzene rings is 2. The normalized spacial score (nSPS) is 11.9. The molecule has 0 saturated carbocycles. The zero-order valence-corrected chi connectivity index (χ0v) is 17.8. The van der Waals surface area contributed by atoms with Crippen LogP contribution < -0.4 is 5.32 Å². The van der Waals surface area contributed by atoms with Crippen molar-refractivity contribution >= 4 is 5.91 Å². The van der Waals surface area contributed by atoms with Gasteiger partial charge < -0.3 is 15.5 Å². The van der Waals surface area contributed by atoms with Crippen LogP contribution in [-0.2, 0) is 0 Å². The molecule has 7 heteroatoms. The molecule has 0 aliphatic rings. The zero-order valence-electron chi connectivity index (χ0n) is 17.8. The number of carbonyl (C=O) groups is 1. The Morgan fingerprint density at radius 1 is 1.06 bits per heavy atom. The van der Waals surface area contributed by atoms with Gasteiger partial charge in [-0.05, 0) is 68.8 Å². The third-order valence-electron chi connectivity index (χ3n) is 4.48. The lowest BCUT2D eigenvalue weighted by Gasteiger charge is -2.21. The number of pyridine rings is 1. The summed E-state index contributed by atoms with van der Waals surface area (Å²) >= 11 is 0. The predicted molar refractivity (Wildman–Crippen MR) is 116 cm³/mol. The molecule has 32 heavy (non-hydrogen) atoms. The highest BCUT2D eigenvalue weighted by Crippen LogP contribution is 2.30.